The average molecular weight is 1210 g/mol. The molecule has 0 amide bonds. The predicted octanol–water partition coefficient (Wildman–Crippen LogP) is 24.7. The number of para-hydroxylation sites is 6. The maximum atomic E-state index is 2.74. The highest BCUT2D eigenvalue weighted by atomic mass is 15.2. The van der Waals surface area contributed by atoms with Crippen LogP contribution in [0.5, 0.6) is 0 Å². The van der Waals surface area contributed by atoms with Gasteiger partial charge in [-0.05, 0) is 191 Å². The molecule has 0 fully saturated rings. The normalized spacial score (nSPS) is 13.3. The number of nitrogens with zero attached hydrogens (tertiary/aromatic N) is 4. The van der Waals surface area contributed by atoms with Crippen LogP contribution < -0.4 is 9.80 Å². The Morgan fingerprint density at radius 3 is 1.13 bits per heavy atom. The van der Waals surface area contributed by atoms with Crippen molar-refractivity contribution in [3.63, 3.8) is 0 Å². The second kappa shape index (κ2) is 23.2. The SMILES string of the molecule is CCCc1cc(N(c2cccc3c2CCCC3)c2cccc3c4ccccc4n(-c4ccccc4-c4ccccc4)c23)c2ccc3c(CCC)cc(N(c4cccc5c4CCCC5)c4cccc5c6ccccc6n(-c6ccccc6-c6ccccc6)c45)c4ccc1c2c34. The van der Waals surface area contributed by atoms with E-state index in [-0.39, 0.29) is 0 Å². The van der Waals surface area contributed by atoms with Crippen molar-refractivity contribution in [1.82, 2.24) is 9.13 Å². The highest BCUT2D eigenvalue weighted by Crippen LogP contribution is 2.55. The molecule has 4 heteroatoms. The van der Waals surface area contributed by atoms with Crippen molar-refractivity contribution in [1.29, 1.82) is 0 Å². The van der Waals surface area contributed by atoms with Crippen LogP contribution in [-0.4, -0.2) is 9.13 Å². The molecule has 0 radical (unpaired) electrons. The van der Waals surface area contributed by atoms with Gasteiger partial charge in [0.15, 0.2) is 0 Å². The van der Waals surface area contributed by atoms with Gasteiger partial charge in [-0.15, -0.1) is 0 Å². The average Bonchev–Trinajstić information content (AvgIpc) is 1.04. The summed E-state index contributed by atoms with van der Waals surface area (Å²) in [5.74, 6) is 0. The van der Waals surface area contributed by atoms with Crippen LogP contribution in [0.15, 0.2) is 267 Å². The van der Waals surface area contributed by atoms with Gasteiger partial charge in [0.25, 0.3) is 0 Å². The van der Waals surface area contributed by atoms with Gasteiger partial charge in [0.1, 0.15) is 0 Å². The molecule has 2 aromatic heterocycles. The van der Waals surface area contributed by atoms with Crippen LogP contribution in [0.25, 0.3) is 110 Å². The third-order valence-electron chi connectivity index (χ3n) is 21.1. The molecule has 2 aliphatic rings. The zero-order valence-electron chi connectivity index (χ0n) is 53.7. The van der Waals surface area contributed by atoms with Gasteiger partial charge < -0.3 is 18.9 Å². The lowest BCUT2D eigenvalue weighted by Gasteiger charge is -2.34. The first-order valence-corrected chi connectivity index (χ1v) is 34.6. The van der Waals surface area contributed by atoms with Crippen LogP contribution >= 0.6 is 0 Å². The summed E-state index contributed by atoms with van der Waals surface area (Å²) in [4.78, 5) is 5.47. The summed E-state index contributed by atoms with van der Waals surface area (Å²) in [6.45, 7) is 4.72. The van der Waals surface area contributed by atoms with Gasteiger partial charge in [-0.3, -0.25) is 0 Å². The minimum atomic E-state index is 0.949. The fourth-order valence-corrected chi connectivity index (χ4v) is 17.1. The molecule has 0 spiro atoms. The fourth-order valence-electron chi connectivity index (χ4n) is 17.1. The van der Waals surface area contributed by atoms with Crippen molar-refractivity contribution in [3.05, 3.63) is 300 Å². The molecule has 94 heavy (non-hydrogen) atoms. The van der Waals surface area contributed by atoms with Gasteiger partial charge in [-0.1, -0.05) is 233 Å². The van der Waals surface area contributed by atoms with Crippen molar-refractivity contribution in [2.45, 2.75) is 90.9 Å². The summed E-state index contributed by atoms with van der Waals surface area (Å²) in [5.41, 5.74) is 28.0. The van der Waals surface area contributed by atoms with Crippen molar-refractivity contribution in [2.75, 3.05) is 9.80 Å². The van der Waals surface area contributed by atoms with Gasteiger partial charge >= 0.3 is 0 Å². The number of aryl methyl sites for hydroxylation is 4. The Labute approximate surface area is 550 Å². The van der Waals surface area contributed by atoms with E-state index in [1.54, 1.807) is 0 Å². The minimum absolute atomic E-state index is 0.949. The molecule has 0 atom stereocenters. The van der Waals surface area contributed by atoms with E-state index in [1.165, 1.54) is 203 Å². The van der Waals surface area contributed by atoms with E-state index >= 15 is 0 Å². The molecule has 0 aliphatic heterocycles. The maximum Gasteiger partial charge on any atom is 0.0782 e. The molecule has 0 saturated carbocycles. The van der Waals surface area contributed by atoms with Crippen molar-refractivity contribution < 1.29 is 0 Å². The molecule has 0 saturated heterocycles. The molecular formula is C90H74N4. The van der Waals surface area contributed by atoms with Crippen LogP contribution in [-0.2, 0) is 38.5 Å². The molecule has 16 aromatic rings. The van der Waals surface area contributed by atoms with E-state index in [1.807, 2.05) is 0 Å². The quantitative estimate of drug-likeness (QED) is 0.101. The van der Waals surface area contributed by atoms with E-state index in [4.69, 9.17) is 0 Å². The molecule has 0 N–H and O–H groups in total. The molecule has 2 aliphatic carbocycles. The van der Waals surface area contributed by atoms with E-state index < -0.39 is 0 Å². The van der Waals surface area contributed by atoms with Crippen LogP contribution in [0.1, 0.15) is 85.8 Å². The largest absolute Gasteiger partial charge is 0.307 e. The Hall–Kier alpha value is -10.7. The molecule has 0 unspecified atom stereocenters. The fraction of sp³-hybridized carbons (Fsp3) is 0.156. The van der Waals surface area contributed by atoms with Gasteiger partial charge in [0, 0.05) is 54.8 Å². The molecule has 4 nitrogen and oxygen atoms in total. The van der Waals surface area contributed by atoms with Crippen LogP contribution in [0, 0.1) is 0 Å². The maximum absolute atomic E-state index is 2.74. The van der Waals surface area contributed by atoms with E-state index in [0.717, 1.165) is 51.4 Å². The number of fused-ring (bicyclic) bond motifs is 8. The summed E-state index contributed by atoms with van der Waals surface area (Å²) < 4.78 is 5.18. The third kappa shape index (κ3) is 8.86. The topological polar surface area (TPSA) is 16.3 Å². The molecule has 18 rings (SSSR count). The smallest absolute Gasteiger partial charge is 0.0782 e. The highest BCUT2D eigenvalue weighted by Gasteiger charge is 2.32. The van der Waals surface area contributed by atoms with Crippen LogP contribution in [0.4, 0.5) is 34.1 Å². The number of hydrogen-bond donors (Lipinski definition) is 0. The van der Waals surface area contributed by atoms with E-state index in [0.29, 0.717) is 0 Å². The number of hydrogen-bond acceptors (Lipinski definition) is 2. The van der Waals surface area contributed by atoms with Crippen molar-refractivity contribution >= 4 is 110 Å². The summed E-state index contributed by atoms with van der Waals surface area (Å²) in [5, 5.41) is 12.9. The van der Waals surface area contributed by atoms with Gasteiger partial charge in [0.2, 0.25) is 0 Å². The highest BCUT2D eigenvalue weighted by molar-refractivity contribution is 6.30. The minimum Gasteiger partial charge on any atom is -0.307 e. The first-order valence-electron chi connectivity index (χ1n) is 34.6. The van der Waals surface area contributed by atoms with Crippen molar-refractivity contribution in [2.24, 2.45) is 0 Å². The monoisotopic (exact) mass is 1210 g/mol. The number of aromatic nitrogens is 2. The second-order valence-electron chi connectivity index (χ2n) is 26.4. The first-order chi connectivity index (χ1) is 46.6. The molecular weight excluding hydrogens is 1140 g/mol. The second-order valence-corrected chi connectivity index (χ2v) is 26.4. The standard InChI is InChI=1S/C90H74N4/c1-3-27-63-57-85(91(77-49-23-35-61-33-11-13-37-65(61)77)83-51-25-43-73-71-41-17-21-47-81(71)93(89(73)83)79-45-19-15-39-67(79)59-29-7-5-8-30-59)75-56-54-70-64(28-4-2)58-86(76-55-53-69(63)87(75)88(70)76)92(78-50-24-36-62-34-12-14-38-66(62)78)84-52-26-44-74-72-42-18-22-48-82(72)94(90(74)84)80-46-20-16-40-68(80)60-31-9-6-10-32-60/h5-10,15-26,29-32,35-36,39-58H,3-4,11-14,27-28,33-34,37-38H2,1-2H3. The Bertz CT molecular complexity index is 5260. The molecule has 454 valence electrons. The van der Waals surface area contributed by atoms with Crippen LogP contribution in [0.3, 0.4) is 0 Å². The van der Waals surface area contributed by atoms with Crippen LogP contribution in [0.2, 0.25) is 0 Å². The molecule has 14 aromatic carbocycles. The van der Waals surface area contributed by atoms with Gasteiger partial charge in [0.05, 0.1) is 56.2 Å². The van der Waals surface area contributed by atoms with E-state index in [2.05, 4.69) is 300 Å². The Kier molecular flexibility index (Phi) is 13.8. The molecule has 2 heterocycles. The lowest BCUT2D eigenvalue weighted by atomic mass is 9.85. The predicted molar refractivity (Wildman–Crippen MR) is 400 cm³/mol. The van der Waals surface area contributed by atoms with Gasteiger partial charge in [-0.25, -0.2) is 0 Å². The number of benzene rings is 14. The summed E-state index contributed by atoms with van der Waals surface area (Å²) in [7, 11) is 0. The summed E-state index contributed by atoms with van der Waals surface area (Å²) in [6, 6.07) is 102. The Morgan fingerprint density at radius 2 is 0.670 bits per heavy atom. The zero-order valence-corrected chi connectivity index (χ0v) is 53.7. The van der Waals surface area contributed by atoms with Gasteiger partial charge in [-0.2, -0.15) is 0 Å². The molecule has 0 bridgehead atoms. The first kappa shape index (κ1) is 56.1. The zero-order chi connectivity index (χ0) is 62.4. The lowest BCUT2D eigenvalue weighted by molar-refractivity contribution is 0.686. The van der Waals surface area contributed by atoms with E-state index in [9.17, 15) is 0 Å². The number of anilines is 6. The van der Waals surface area contributed by atoms with Crippen molar-refractivity contribution in [3.8, 4) is 33.6 Å². The third-order valence-corrected chi connectivity index (χ3v) is 21.1. The lowest BCUT2D eigenvalue weighted by Crippen LogP contribution is -2.17. The summed E-state index contributed by atoms with van der Waals surface area (Å²) in [6.07, 6.45) is 13.0. The summed E-state index contributed by atoms with van der Waals surface area (Å²) >= 11 is 0. The number of rotatable bonds is 14. The Balaban J connectivity index is 0.964. The Morgan fingerprint density at radius 1 is 0.298 bits per heavy atom.